The van der Waals surface area contributed by atoms with E-state index in [9.17, 15) is 10.1 Å². The Bertz CT molecular complexity index is 352. The maximum atomic E-state index is 10.1. The number of nitro groups is 1. The number of nitrogens with zero attached hydrogens (tertiary/aromatic N) is 3. The Balaban J connectivity index is 2.19. The van der Waals surface area contributed by atoms with E-state index in [2.05, 4.69) is 4.98 Å². The van der Waals surface area contributed by atoms with Gasteiger partial charge in [-0.1, -0.05) is 0 Å². The number of hydrogen-bond donors (Lipinski definition) is 0. The van der Waals surface area contributed by atoms with Crippen molar-refractivity contribution >= 4 is 6.08 Å². The molecule has 1 aromatic rings. The van der Waals surface area contributed by atoms with E-state index < -0.39 is 4.92 Å². The van der Waals surface area contributed by atoms with Crippen molar-refractivity contribution in [2.75, 3.05) is 0 Å². The van der Waals surface area contributed by atoms with Gasteiger partial charge in [0.1, 0.15) is 0 Å². The first kappa shape index (κ1) is 7.97. The van der Waals surface area contributed by atoms with Crippen LogP contribution in [-0.2, 0) is 0 Å². The third-order valence-corrected chi connectivity index (χ3v) is 2.00. The second-order valence-corrected chi connectivity index (χ2v) is 3.06. The first-order chi connectivity index (χ1) is 6.27. The van der Waals surface area contributed by atoms with Crippen LogP contribution in [0.1, 0.15) is 24.6 Å². The monoisotopic (exact) mass is 179 g/mol. The van der Waals surface area contributed by atoms with Crippen molar-refractivity contribution in [3.63, 3.8) is 0 Å². The van der Waals surface area contributed by atoms with Gasteiger partial charge in [-0.3, -0.25) is 10.1 Å². The Morgan fingerprint density at radius 2 is 2.46 bits per heavy atom. The molecule has 2 rings (SSSR count). The zero-order valence-electron chi connectivity index (χ0n) is 6.96. The standard InChI is InChI=1S/C8H9N3O2/c12-11(13)4-3-8-5-9-6-10(8)7-1-2-7/h3-7H,1-2H2/b4-3+. The fraction of sp³-hybridized carbons (Fsp3) is 0.375. The first-order valence-corrected chi connectivity index (χ1v) is 4.11. The lowest BCUT2D eigenvalue weighted by Gasteiger charge is -1.99. The highest BCUT2D eigenvalue weighted by atomic mass is 16.6. The van der Waals surface area contributed by atoms with E-state index >= 15 is 0 Å². The summed E-state index contributed by atoms with van der Waals surface area (Å²) >= 11 is 0. The van der Waals surface area contributed by atoms with Crippen LogP contribution < -0.4 is 0 Å². The molecule has 0 N–H and O–H groups in total. The summed E-state index contributed by atoms with van der Waals surface area (Å²) in [6, 6.07) is 0.508. The van der Waals surface area contributed by atoms with Crippen LogP contribution in [0.3, 0.4) is 0 Å². The van der Waals surface area contributed by atoms with Gasteiger partial charge in [0.15, 0.2) is 0 Å². The summed E-state index contributed by atoms with van der Waals surface area (Å²) in [6.45, 7) is 0. The van der Waals surface area contributed by atoms with Gasteiger partial charge in [-0.25, -0.2) is 4.98 Å². The van der Waals surface area contributed by atoms with Crippen molar-refractivity contribution in [1.82, 2.24) is 9.55 Å². The van der Waals surface area contributed by atoms with Crippen molar-refractivity contribution in [2.45, 2.75) is 18.9 Å². The lowest BCUT2D eigenvalue weighted by atomic mass is 10.4. The van der Waals surface area contributed by atoms with Gasteiger partial charge >= 0.3 is 0 Å². The normalized spacial score (nSPS) is 16.6. The van der Waals surface area contributed by atoms with Gasteiger partial charge in [-0.2, -0.15) is 0 Å². The summed E-state index contributed by atoms with van der Waals surface area (Å²) in [5.74, 6) is 0. The van der Waals surface area contributed by atoms with Crippen molar-refractivity contribution in [2.24, 2.45) is 0 Å². The van der Waals surface area contributed by atoms with Gasteiger partial charge in [0.2, 0.25) is 6.20 Å². The Morgan fingerprint density at radius 1 is 1.69 bits per heavy atom. The molecule has 13 heavy (non-hydrogen) atoms. The maximum Gasteiger partial charge on any atom is 0.236 e. The Hall–Kier alpha value is -1.65. The number of imidazole rings is 1. The van der Waals surface area contributed by atoms with Gasteiger partial charge in [0.05, 0.1) is 23.1 Å². The zero-order chi connectivity index (χ0) is 9.26. The predicted molar refractivity (Wildman–Crippen MR) is 46.5 cm³/mol. The number of rotatable bonds is 3. The smallest absolute Gasteiger partial charge is 0.236 e. The SMILES string of the molecule is O=[N+]([O-])/C=C/c1cncn1C1CC1. The van der Waals surface area contributed by atoms with Crippen molar-refractivity contribution in [3.8, 4) is 0 Å². The largest absolute Gasteiger partial charge is 0.328 e. The van der Waals surface area contributed by atoms with Crippen molar-refractivity contribution in [1.29, 1.82) is 0 Å². The number of hydrogen-bond acceptors (Lipinski definition) is 3. The topological polar surface area (TPSA) is 61.0 Å². The fourth-order valence-corrected chi connectivity index (χ4v) is 1.24. The maximum absolute atomic E-state index is 10.1. The second-order valence-electron chi connectivity index (χ2n) is 3.06. The predicted octanol–water partition coefficient (Wildman–Crippen LogP) is 1.47. The van der Waals surface area contributed by atoms with Crippen LogP contribution in [0.15, 0.2) is 18.7 Å². The molecule has 0 unspecified atom stereocenters. The lowest BCUT2D eigenvalue weighted by Crippen LogP contribution is -1.94. The minimum atomic E-state index is -0.468. The van der Waals surface area contributed by atoms with Crippen LogP contribution in [0, 0.1) is 10.1 Å². The van der Waals surface area contributed by atoms with Gasteiger partial charge in [0, 0.05) is 12.1 Å². The second kappa shape index (κ2) is 3.01. The summed E-state index contributed by atoms with van der Waals surface area (Å²) in [5.41, 5.74) is 0.805. The Kier molecular flexibility index (Phi) is 1.84. The summed E-state index contributed by atoms with van der Waals surface area (Å²) in [5, 5.41) is 10.1. The fourth-order valence-electron chi connectivity index (χ4n) is 1.24. The Labute approximate surface area is 74.9 Å². The molecule has 0 aromatic carbocycles. The van der Waals surface area contributed by atoms with E-state index in [-0.39, 0.29) is 0 Å². The minimum Gasteiger partial charge on any atom is -0.328 e. The molecule has 1 aliphatic carbocycles. The molecule has 1 heterocycles. The third kappa shape index (κ3) is 1.74. The minimum absolute atomic E-state index is 0.468. The van der Waals surface area contributed by atoms with E-state index in [0.717, 1.165) is 24.7 Å². The molecule has 0 amide bonds. The van der Waals surface area contributed by atoms with Crippen molar-refractivity contribution < 1.29 is 4.92 Å². The van der Waals surface area contributed by atoms with Crippen LogP contribution in [-0.4, -0.2) is 14.5 Å². The third-order valence-electron chi connectivity index (χ3n) is 2.00. The summed E-state index contributed by atoms with van der Waals surface area (Å²) in [6.07, 6.45) is 8.07. The molecule has 0 bridgehead atoms. The molecule has 0 spiro atoms. The van der Waals surface area contributed by atoms with E-state index in [1.807, 2.05) is 4.57 Å². The Morgan fingerprint density at radius 3 is 3.08 bits per heavy atom. The molecule has 5 heteroatoms. The van der Waals surface area contributed by atoms with Crippen LogP contribution in [0.25, 0.3) is 6.08 Å². The zero-order valence-corrected chi connectivity index (χ0v) is 6.96. The molecule has 0 saturated heterocycles. The molecule has 68 valence electrons. The lowest BCUT2D eigenvalue weighted by molar-refractivity contribution is -0.401. The highest BCUT2D eigenvalue weighted by Gasteiger charge is 2.24. The van der Waals surface area contributed by atoms with Gasteiger partial charge in [-0.15, -0.1) is 0 Å². The van der Waals surface area contributed by atoms with Gasteiger partial charge < -0.3 is 4.57 Å². The van der Waals surface area contributed by atoms with Crippen LogP contribution in [0.5, 0.6) is 0 Å². The average Bonchev–Trinajstić information content (AvgIpc) is 2.82. The highest BCUT2D eigenvalue weighted by Crippen LogP contribution is 2.35. The first-order valence-electron chi connectivity index (χ1n) is 4.11. The summed E-state index contributed by atoms with van der Waals surface area (Å²) in [4.78, 5) is 13.6. The van der Waals surface area contributed by atoms with E-state index in [1.165, 1.54) is 6.08 Å². The van der Waals surface area contributed by atoms with E-state index in [1.54, 1.807) is 12.5 Å². The molecule has 1 aromatic heterocycles. The van der Waals surface area contributed by atoms with Crippen molar-refractivity contribution in [3.05, 3.63) is 34.5 Å². The van der Waals surface area contributed by atoms with Crippen LogP contribution >= 0.6 is 0 Å². The van der Waals surface area contributed by atoms with Crippen LogP contribution in [0.4, 0.5) is 0 Å². The average molecular weight is 179 g/mol. The highest BCUT2D eigenvalue weighted by molar-refractivity contribution is 5.42. The molecular weight excluding hydrogens is 170 g/mol. The summed E-state index contributed by atoms with van der Waals surface area (Å²) < 4.78 is 1.97. The van der Waals surface area contributed by atoms with E-state index in [0.29, 0.717) is 6.04 Å². The molecular formula is C8H9N3O2. The quantitative estimate of drug-likeness (QED) is 0.521. The van der Waals surface area contributed by atoms with E-state index in [4.69, 9.17) is 0 Å². The number of aromatic nitrogens is 2. The van der Waals surface area contributed by atoms with Gasteiger partial charge in [0.25, 0.3) is 0 Å². The summed E-state index contributed by atoms with van der Waals surface area (Å²) in [7, 11) is 0. The molecule has 0 aliphatic heterocycles. The molecule has 0 atom stereocenters. The molecule has 1 fully saturated rings. The molecule has 1 aliphatic rings. The van der Waals surface area contributed by atoms with Gasteiger partial charge in [-0.05, 0) is 12.8 Å². The molecule has 1 saturated carbocycles. The molecule has 0 radical (unpaired) electrons. The molecule has 5 nitrogen and oxygen atoms in total. The van der Waals surface area contributed by atoms with Crippen LogP contribution in [0.2, 0.25) is 0 Å².